The fourth-order valence-electron chi connectivity index (χ4n) is 1.88. The minimum atomic E-state index is 0.217. The number of hydrogen-bond acceptors (Lipinski definition) is 2. The quantitative estimate of drug-likeness (QED) is 0.540. The molecule has 0 aromatic heterocycles. The number of para-hydroxylation sites is 1. The molecule has 0 aliphatic rings. The number of halogens is 1. The molecule has 20 heavy (non-hydrogen) atoms. The Balaban J connectivity index is 2.98. The summed E-state index contributed by atoms with van der Waals surface area (Å²) in [5.41, 5.74) is 1.66. The van der Waals surface area contributed by atoms with Crippen LogP contribution in [0.2, 0.25) is 0 Å². The molecule has 1 rings (SSSR count). The van der Waals surface area contributed by atoms with Crippen molar-refractivity contribution in [2.45, 2.75) is 13.3 Å². The second-order valence-electron chi connectivity index (χ2n) is 4.35. The standard InChI is InChI=1S/C17H19BrN2/c1-3-8-15(9-7-12-18)13-17(14-19)20(2)16-10-5-4-6-11-16/h3-8,10-13,15H,9H2,1-2H3/b8-3-,12-7-,17-13+. The molecule has 0 saturated heterocycles. The first-order valence-electron chi connectivity index (χ1n) is 6.51. The maximum Gasteiger partial charge on any atom is 0.117 e. The van der Waals surface area contributed by atoms with Crippen molar-refractivity contribution in [3.8, 4) is 6.07 Å². The monoisotopic (exact) mass is 330 g/mol. The average molecular weight is 331 g/mol. The van der Waals surface area contributed by atoms with Gasteiger partial charge >= 0.3 is 0 Å². The van der Waals surface area contributed by atoms with Crippen LogP contribution in [-0.4, -0.2) is 7.05 Å². The Bertz CT molecular complexity index is 524. The van der Waals surface area contributed by atoms with Crippen molar-refractivity contribution in [3.63, 3.8) is 0 Å². The van der Waals surface area contributed by atoms with E-state index in [0.717, 1.165) is 12.1 Å². The molecule has 2 nitrogen and oxygen atoms in total. The van der Waals surface area contributed by atoms with Crippen molar-refractivity contribution in [2.24, 2.45) is 5.92 Å². The van der Waals surface area contributed by atoms with Gasteiger partial charge in [0, 0.05) is 18.7 Å². The second-order valence-corrected chi connectivity index (χ2v) is 4.87. The smallest absolute Gasteiger partial charge is 0.117 e. The van der Waals surface area contributed by atoms with E-state index in [-0.39, 0.29) is 5.92 Å². The molecular formula is C17H19BrN2. The third-order valence-electron chi connectivity index (χ3n) is 2.93. The Kier molecular flexibility index (Phi) is 7.46. The van der Waals surface area contributed by atoms with E-state index in [2.05, 4.69) is 28.1 Å². The van der Waals surface area contributed by atoms with E-state index in [0.29, 0.717) is 5.70 Å². The summed E-state index contributed by atoms with van der Waals surface area (Å²) in [5, 5.41) is 9.39. The molecule has 0 aliphatic carbocycles. The average Bonchev–Trinajstić information content (AvgIpc) is 2.50. The molecule has 0 saturated carbocycles. The predicted molar refractivity (Wildman–Crippen MR) is 89.5 cm³/mol. The summed E-state index contributed by atoms with van der Waals surface area (Å²) in [5.74, 6) is 0.217. The highest BCUT2D eigenvalue weighted by Gasteiger charge is 2.08. The van der Waals surface area contributed by atoms with E-state index in [9.17, 15) is 5.26 Å². The fourth-order valence-corrected chi connectivity index (χ4v) is 2.09. The minimum Gasteiger partial charge on any atom is -0.336 e. The lowest BCUT2D eigenvalue weighted by atomic mass is 10.0. The van der Waals surface area contributed by atoms with Gasteiger partial charge in [-0.05, 0) is 36.5 Å². The summed E-state index contributed by atoms with van der Waals surface area (Å²) in [6.45, 7) is 1.99. The zero-order chi connectivity index (χ0) is 14.8. The number of hydrogen-bond donors (Lipinski definition) is 0. The van der Waals surface area contributed by atoms with Crippen molar-refractivity contribution in [1.29, 1.82) is 5.26 Å². The van der Waals surface area contributed by atoms with Gasteiger partial charge in [0.2, 0.25) is 0 Å². The van der Waals surface area contributed by atoms with Gasteiger partial charge in [0.15, 0.2) is 0 Å². The van der Waals surface area contributed by atoms with Crippen LogP contribution in [0.4, 0.5) is 5.69 Å². The van der Waals surface area contributed by atoms with E-state index in [1.54, 1.807) is 0 Å². The third kappa shape index (κ3) is 5.07. The molecule has 3 heteroatoms. The summed E-state index contributed by atoms with van der Waals surface area (Å²) in [7, 11) is 1.91. The van der Waals surface area contributed by atoms with Crippen LogP contribution in [-0.2, 0) is 0 Å². The Morgan fingerprint density at radius 3 is 2.65 bits per heavy atom. The van der Waals surface area contributed by atoms with Crippen LogP contribution in [0.15, 0.2) is 65.3 Å². The highest BCUT2D eigenvalue weighted by atomic mass is 79.9. The van der Waals surface area contributed by atoms with Crippen LogP contribution in [0.25, 0.3) is 0 Å². The summed E-state index contributed by atoms with van der Waals surface area (Å²) < 4.78 is 0. The molecule has 0 heterocycles. The molecule has 0 aliphatic heterocycles. The molecule has 0 amide bonds. The van der Waals surface area contributed by atoms with Gasteiger partial charge in [0.05, 0.1) is 0 Å². The summed E-state index contributed by atoms with van der Waals surface area (Å²) in [4.78, 5) is 3.76. The molecule has 1 unspecified atom stereocenters. The largest absolute Gasteiger partial charge is 0.336 e. The Morgan fingerprint density at radius 2 is 2.10 bits per heavy atom. The normalized spacial score (nSPS) is 13.6. The fraction of sp³-hybridized carbons (Fsp3) is 0.235. The van der Waals surface area contributed by atoms with Crippen LogP contribution >= 0.6 is 15.9 Å². The molecule has 1 aromatic carbocycles. The number of allylic oxidation sites excluding steroid dienone is 5. The minimum absolute atomic E-state index is 0.217. The van der Waals surface area contributed by atoms with Crippen molar-refractivity contribution in [2.75, 3.05) is 11.9 Å². The zero-order valence-corrected chi connectivity index (χ0v) is 13.4. The van der Waals surface area contributed by atoms with E-state index < -0.39 is 0 Å². The van der Waals surface area contributed by atoms with Gasteiger partial charge in [-0.2, -0.15) is 5.26 Å². The first-order valence-corrected chi connectivity index (χ1v) is 7.43. The predicted octanol–water partition coefficient (Wildman–Crippen LogP) is 5.02. The van der Waals surface area contributed by atoms with Gasteiger partial charge in [-0.1, -0.05) is 52.4 Å². The number of anilines is 1. The van der Waals surface area contributed by atoms with Crippen LogP contribution in [0.1, 0.15) is 13.3 Å². The SMILES string of the molecule is C/C=C\C(/C=C(\C#N)N(C)c1ccccc1)C/C=C\Br. The molecule has 1 aromatic rings. The molecule has 0 fully saturated rings. The molecule has 1 atom stereocenters. The number of rotatable bonds is 6. The van der Waals surface area contributed by atoms with Gasteiger partial charge in [-0.3, -0.25) is 0 Å². The summed E-state index contributed by atoms with van der Waals surface area (Å²) in [6, 6.07) is 12.2. The van der Waals surface area contributed by atoms with E-state index >= 15 is 0 Å². The lowest BCUT2D eigenvalue weighted by Gasteiger charge is -2.19. The van der Waals surface area contributed by atoms with Gasteiger partial charge in [-0.25, -0.2) is 0 Å². The number of nitrogens with zero attached hydrogens (tertiary/aromatic N) is 2. The van der Waals surface area contributed by atoms with Crippen molar-refractivity contribution in [3.05, 3.63) is 65.3 Å². The Labute approximate surface area is 129 Å². The van der Waals surface area contributed by atoms with Crippen LogP contribution < -0.4 is 4.90 Å². The van der Waals surface area contributed by atoms with Gasteiger partial charge < -0.3 is 4.90 Å². The first-order chi connectivity index (χ1) is 9.72. The van der Waals surface area contributed by atoms with E-state index in [1.165, 1.54) is 0 Å². The second kappa shape index (κ2) is 9.17. The lowest BCUT2D eigenvalue weighted by molar-refractivity contribution is 0.820. The van der Waals surface area contributed by atoms with Gasteiger partial charge in [-0.15, -0.1) is 0 Å². The molecule has 0 spiro atoms. The van der Waals surface area contributed by atoms with Crippen molar-refractivity contribution >= 4 is 21.6 Å². The number of benzene rings is 1. The van der Waals surface area contributed by atoms with Crippen LogP contribution in [0, 0.1) is 17.2 Å². The lowest BCUT2D eigenvalue weighted by Crippen LogP contribution is -2.16. The molecule has 0 radical (unpaired) electrons. The van der Waals surface area contributed by atoms with Gasteiger partial charge in [0.1, 0.15) is 11.8 Å². The van der Waals surface area contributed by atoms with E-state index in [4.69, 9.17) is 0 Å². The Hall–Kier alpha value is -1.79. The molecule has 0 N–H and O–H groups in total. The van der Waals surface area contributed by atoms with E-state index in [1.807, 2.05) is 72.4 Å². The topological polar surface area (TPSA) is 27.0 Å². The van der Waals surface area contributed by atoms with Crippen molar-refractivity contribution in [1.82, 2.24) is 0 Å². The maximum atomic E-state index is 9.39. The zero-order valence-electron chi connectivity index (χ0n) is 11.8. The molecule has 104 valence electrons. The summed E-state index contributed by atoms with van der Waals surface area (Å²) in [6.07, 6.45) is 9.02. The highest BCUT2D eigenvalue weighted by molar-refractivity contribution is 9.11. The van der Waals surface area contributed by atoms with Crippen LogP contribution in [0.5, 0.6) is 0 Å². The molecular weight excluding hydrogens is 312 g/mol. The maximum absolute atomic E-state index is 9.39. The van der Waals surface area contributed by atoms with Gasteiger partial charge in [0.25, 0.3) is 0 Å². The number of nitriles is 1. The molecule has 0 bridgehead atoms. The van der Waals surface area contributed by atoms with Crippen molar-refractivity contribution < 1.29 is 0 Å². The first kappa shape index (κ1) is 16.3. The third-order valence-corrected chi connectivity index (χ3v) is 3.30. The van der Waals surface area contributed by atoms with Crippen LogP contribution in [0.3, 0.4) is 0 Å². The highest BCUT2D eigenvalue weighted by Crippen LogP contribution is 2.19. The summed E-state index contributed by atoms with van der Waals surface area (Å²) >= 11 is 3.28. The Morgan fingerprint density at radius 1 is 1.40 bits per heavy atom.